The zero-order valence-corrected chi connectivity index (χ0v) is 14.0. The van der Waals surface area contributed by atoms with Crippen LogP contribution in [0, 0.1) is 0 Å². The molecule has 0 saturated heterocycles. The number of Topliss-reactive ketones (excluding diaryl/α,β-unsaturated/α-hetero) is 1. The zero-order chi connectivity index (χ0) is 18.3. The van der Waals surface area contributed by atoms with Crippen LogP contribution < -0.4 is 5.73 Å². The Morgan fingerprint density at radius 1 is 0.880 bits per heavy atom. The van der Waals surface area contributed by atoms with Gasteiger partial charge in [0.25, 0.3) is 0 Å². The third kappa shape index (κ3) is 6.38. The maximum absolute atomic E-state index is 13.3. The maximum Gasteiger partial charge on any atom is 0.481 e. The summed E-state index contributed by atoms with van der Waals surface area (Å²) in [6, 6.07) is 17.0. The molecule has 0 saturated carbocycles. The first-order chi connectivity index (χ1) is 11.9. The summed E-state index contributed by atoms with van der Waals surface area (Å²) < 4.78 is 40.0. The summed E-state index contributed by atoms with van der Waals surface area (Å²) in [5, 5.41) is 0. The summed E-state index contributed by atoms with van der Waals surface area (Å²) in [5.74, 6) is -1.79. The van der Waals surface area contributed by atoms with Gasteiger partial charge < -0.3 is 18.7 Å². The highest BCUT2D eigenvalue weighted by atomic mass is 19.4. The van der Waals surface area contributed by atoms with Crippen molar-refractivity contribution in [1.29, 1.82) is 0 Å². The van der Waals surface area contributed by atoms with Crippen LogP contribution in [0.4, 0.5) is 12.9 Å². The lowest BCUT2D eigenvalue weighted by molar-refractivity contribution is -0.120. The molecule has 2 aromatic rings. The van der Waals surface area contributed by atoms with Gasteiger partial charge in [0.2, 0.25) is 0 Å². The molecule has 0 aliphatic rings. The lowest BCUT2D eigenvalue weighted by Gasteiger charge is -2.27. The van der Waals surface area contributed by atoms with E-state index >= 15 is 0 Å². The highest BCUT2D eigenvalue weighted by Gasteiger charge is 2.35. The predicted molar refractivity (Wildman–Crippen MR) is 95.3 cm³/mol. The molecule has 0 aromatic heterocycles. The molecule has 6 heteroatoms. The lowest BCUT2D eigenvalue weighted by atomic mass is 9.67. The number of carbonyl (C=O) groups is 1. The standard InChI is InChI=1S/C19H22BF3NO/c21-20(22,23)17(13-15-7-3-1-4-8-15)11-12-19(25)18(24)14-16-9-5-2-6-10-16/h1-10,17-18H,11-14,24H2/q-1/t17-,18-/m0/s1. The normalized spacial score (nSPS) is 14.1. The number of carbonyl (C=O) groups excluding carboxylic acids is 1. The molecule has 0 aliphatic heterocycles. The van der Waals surface area contributed by atoms with Crippen molar-refractivity contribution in [2.45, 2.75) is 37.5 Å². The number of rotatable bonds is 9. The maximum atomic E-state index is 13.3. The van der Waals surface area contributed by atoms with Gasteiger partial charge in [0.1, 0.15) is 5.78 Å². The molecule has 0 radical (unpaired) electrons. The van der Waals surface area contributed by atoms with Gasteiger partial charge in [-0.2, -0.15) is 0 Å². The Hall–Kier alpha value is -2.08. The summed E-state index contributed by atoms with van der Waals surface area (Å²) in [6.45, 7) is -5.01. The van der Waals surface area contributed by atoms with Crippen LogP contribution in [0.3, 0.4) is 0 Å². The van der Waals surface area contributed by atoms with Gasteiger partial charge in [-0.3, -0.25) is 4.79 Å². The van der Waals surface area contributed by atoms with Crippen LogP contribution in [0.25, 0.3) is 0 Å². The first-order valence-electron chi connectivity index (χ1n) is 8.42. The SMILES string of the molecule is N[C@@H](Cc1ccccc1)C(=O)CC[C@@H](Cc1ccccc1)[B-](F)(F)F. The fraction of sp³-hybridized carbons (Fsp3) is 0.316. The fourth-order valence-electron chi connectivity index (χ4n) is 2.84. The van der Waals surface area contributed by atoms with Crippen LogP contribution in [0.1, 0.15) is 24.0 Å². The molecule has 0 spiro atoms. The van der Waals surface area contributed by atoms with Crippen molar-refractivity contribution in [1.82, 2.24) is 0 Å². The van der Waals surface area contributed by atoms with E-state index in [1.165, 1.54) is 0 Å². The number of halogens is 3. The minimum atomic E-state index is -5.01. The molecule has 2 N–H and O–H groups in total. The average Bonchev–Trinajstić information content (AvgIpc) is 2.59. The molecule has 25 heavy (non-hydrogen) atoms. The van der Waals surface area contributed by atoms with Gasteiger partial charge in [-0.25, -0.2) is 0 Å². The van der Waals surface area contributed by atoms with Crippen LogP contribution in [-0.4, -0.2) is 18.8 Å². The Morgan fingerprint density at radius 3 is 1.84 bits per heavy atom. The van der Waals surface area contributed by atoms with Gasteiger partial charge in [0.05, 0.1) is 6.04 Å². The fourth-order valence-corrected chi connectivity index (χ4v) is 2.84. The van der Waals surface area contributed by atoms with E-state index in [0.29, 0.717) is 12.0 Å². The molecule has 2 aromatic carbocycles. The molecule has 0 heterocycles. The van der Waals surface area contributed by atoms with Crippen molar-refractivity contribution in [3.8, 4) is 0 Å². The quantitative estimate of drug-likeness (QED) is 0.684. The second-order valence-corrected chi connectivity index (χ2v) is 6.38. The third-order valence-electron chi connectivity index (χ3n) is 4.35. The van der Waals surface area contributed by atoms with Crippen molar-refractivity contribution in [3.05, 3.63) is 71.8 Å². The number of nitrogens with two attached hydrogens (primary N) is 1. The Kier molecular flexibility index (Phi) is 6.82. The Morgan fingerprint density at radius 2 is 1.36 bits per heavy atom. The van der Waals surface area contributed by atoms with Crippen molar-refractivity contribution in [2.24, 2.45) is 5.73 Å². The molecule has 0 amide bonds. The summed E-state index contributed by atoms with van der Waals surface area (Å²) >= 11 is 0. The minimum absolute atomic E-state index is 0.0917. The van der Waals surface area contributed by atoms with E-state index in [1.54, 1.807) is 30.3 Å². The minimum Gasteiger partial charge on any atom is -0.449 e. The van der Waals surface area contributed by atoms with Gasteiger partial charge in [-0.1, -0.05) is 78.5 Å². The molecule has 2 rings (SSSR count). The Balaban J connectivity index is 1.92. The largest absolute Gasteiger partial charge is 0.481 e. The summed E-state index contributed by atoms with van der Waals surface area (Å²) in [4.78, 5) is 12.1. The second-order valence-electron chi connectivity index (χ2n) is 6.38. The monoisotopic (exact) mass is 348 g/mol. The number of benzene rings is 2. The van der Waals surface area contributed by atoms with E-state index in [1.807, 2.05) is 30.3 Å². The molecule has 2 nitrogen and oxygen atoms in total. The average molecular weight is 348 g/mol. The molecular formula is C19H22BF3NO-. The summed E-state index contributed by atoms with van der Waals surface area (Å²) in [5.41, 5.74) is 7.41. The van der Waals surface area contributed by atoms with Crippen molar-refractivity contribution in [3.63, 3.8) is 0 Å². The molecular weight excluding hydrogens is 326 g/mol. The molecule has 0 fully saturated rings. The highest BCUT2D eigenvalue weighted by Crippen LogP contribution is 2.34. The number of hydrogen-bond donors (Lipinski definition) is 1. The summed E-state index contributed by atoms with van der Waals surface area (Å²) in [6.07, 6.45) is -0.0990. The van der Waals surface area contributed by atoms with Gasteiger partial charge in [-0.05, 0) is 18.4 Å². The van der Waals surface area contributed by atoms with Crippen LogP contribution >= 0.6 is 0 Å². The second kappa shape index (κ2) is 8.86. The number of ketones is 1. The summed E-state index contributed by atoms with van der Waals surface area (Å²) in [7, 11) is 0. The third-order valence-corrected chi connectivity index (χ3v) is 4.35. The van der Waals surface area contributed by atoms with E-state index in [0.717, 1.165) is 5.56 Å². The lowest BCUT2D eigenvalue weighted by Crippen LogP contribution is -2.34. The van der Waals surface area contributed by atoms with Crippen LogP contribution in [0.2, 0.25) is 5.82 Å². The topological polar surface area (TPSA) is 43.1 Å². The van der Waals surface area contributed by atoms with Gasteiger partial charge in [-0.15, -0.1) is 0 Å². The van der Waals surface area contributed by atoms with Gasteiger partial charge in [0, 0.05) is 6.42 Å². The Labute approximate surface area is 146 Å². The van der Waals surface area contributed by atoms with E-state index in [9.17, 15) is 17.7 Å². The highest BCUT2D eigenvalue weighted by molar-refractivity contribution is 6.60. The first-order valence-corrected chi connectivity index (χ1v) is 8.42. The van der Waals surface area contributed by atoms with E-state index < -0.39 is 18.8 Å². The first kappa shape index (κ1) is 19.3. The predicted octanol–water partition coefficient (Wildman–Crippen LogP) is 4.37. The zero-order valence-electron chi connectivity index (χ0n) is 14.0. The molecule has 134 valence electrons. The number of hydrogen-bond acceptors (Lipinski definition) is 2. The van der Waals surface area contributed by atoms with Gasteiger partial charge >= 0.3 is 6.98 Å². The van der Waals surface area contributed by atoms with Gasteiger partial charge in [0.15, 0.2) is 0 Å². The molecule has 0 aliphatic carbocycles. The smallest absolute Gasteiger partial charge is 0.449 e. The van der Waals surface area contributed by atoms with Crippen LogP contribution in [-0.2, 0) is 17.6 Å². The van der Waals surface area contributed by atoms with Crippen molar-refractivity contribution >= 4 is 12.8 Å². The molecule has 0 unspecified atom stereocenters. The van der Waals surface area contributed by atoms with Crippen molar-refractivity contribution in [2.75, 3.05) is 0 Å². The molecule has 2 atom stereocenters. The van der Waals surface area contributed by atoms with Crippen LogP contribution in [0.5, 0.6) is 0 Å². The van der Waals surface area contributed by atoms with E-state index in [2.05, 4.69) is 0 Å². The van der Waals surface area contributed by atoms with Crippen LogP contribution in [0.15, 0.2) is 60.7 Å². The Bertz CT molecular complexity index is 661. The van der Waals surface area contributed by atoms with Crippen molar-refractivity contribution < 1.29 is 17.7 Å². The van der Waals surface area contributed by atoms with E-state index in [4.69, 9.17) is 5.73 Å². The van der Waals surface area contributed by atoms with E-state index in [-0.39, 0.29) is 25.0 Å². The molecule has 0 bridgehead atoms.